The molecule has 0 aliphatic heterocycles. The number of anilines is 1. The van der Waals surface area contributed by atoms with E-state index in [1.165, 1.54) is 5.56 Å². The average Bonchev–Trinajstić information content (AvgIpc) is 2.37. The third kappa shape index (κ3) is 3.28. The largest absolute Gasteiger partial charge is 0.368 e. The van der Waals surface area contributed by atoms with Crippen LogP contribution >= 0.6 is 0 Å². The summed E-state index contributed by atoms with van der Waals surface area (Å²) in [7, 11) is 4.16. The molecule has 4 nitrogen and oxygen atoms in total. The molecule has 0 unspecified atom stereocenters. The summed E-state index contributed by atoms with van der Waals surface area (Å²) in [6, 6.07) is 10.3. The van der Waals surface area contributed by atoms with E-state index in [9.17, 15) is 0 Å². The maximum absolute atomic E-state index is 5.60. The van der Waals surface area contributed by atoms with E-state index >= 15 is 0 Å². The lowest BCUT2D eigenvalue weighted by Crippen LogP contribution is -2.15. The zero-order valence-corrected chi connectivity index (χ0v) is 10.8. The topological polar surface area (TPSA) is 55.0 Å². The molecule has 2 aromatic rings. The van der Waals surface area contributed by atoms with Gasteiger partial charge in [0.05, 0.1) is 5.69 Å². The summed E-state index contributed by atoms with van der Waals surface area (Å²) in [5.74, 6) is 0.311. The second-order valence-electron chi connectivity index (χ2n) is 4.55. The summed E-state index contributed by atoms with van der Waals surface area (Å²) in [5, 5.41) is 0. The first kappa shape index (κ1) is 12.5. The summed E-state index contributed by atoms with van der Waals surface area (Å²) >= 11 is 0. The van der Waals surface area contributed by atoms with Gasteiger partial charge >= 0.3 is 0 Å². The van der Waals surface area contributed by atoms with Gasteiger partial charge in [-0.3, -0.25) is 0 Å². The van der Waals surface area contributed by atoms with Crippen LogP contribution in [0.3, 0.4) is 0 Å². The Morgan fingerprint density at radius 1 is 1.22 bits per heavy atom. The lowest BCUT2D eigenvalue weighted by atomic mass is 10.1. The molecule has 0 spiro atoms. The van der Waals surface area contributed by atoms with Crippen LogP contribution in [0.5, 0.6) is 0 Å². The molecule has 0 amide bonds. The van der Waals surface area contributed by atoms with Gasteiger partial charge in [-0.25, -0.2) is 9.97 Å². The van der Waals surface area contributed by atoms with Crippen molar-refractivity contribution in [3.8, 4) is 11.3 Å². The highest BCUT2D eigenvalue weighted by Gasteiger charge is 2.02. The fraction of sp³-hybridized carbons (Fsp3) is 0.286. The highest BCUT2D eigenvalue weighted by Crippen LogP contribution is 2.18. The normalized spacial score (nSPS) is 10.8. The van der Waals surface area contributed by atoms with E-state index in [1.54, 1.807) is 6.20 Å². The van der Waals surface area contributed by atoms with Gasteiger partial charge in [0.25, 0.3) is 0 Å². The van der Waals surface area contributed by atoms with Crippen molar-refractivity contribution in [3.05, 3.63) is 42.1 Å². The monoisotopic (exact) mass is 242 g/mol. The number of rotatable bonds is 4. The van der Waals surface area contributed by atoms with Crippen LogP contribution in [0.25, 0.3) is 11.3 Å². The number of aromatic nitrogens is 2. The second kappa shape index (κ2) is 5.60. The molecule has 1 aromatic heterocycles. The van der Waals surface area contributed by atoms with E-state index < -0.39 is 0 Å². The quantitative estimate of drug-likeness (QED) is 0.888. The van der Waals surface area contributed by atoms with Crippen LogP contribution < -0.4 is 5.73 Å². The zero-order chi connectivity index (χ0) is 13.0. The predicted molar refractivity (Wildman–Crippen MR) is 74.1 cm³/mol. The predicted octanol–water partition coefficient (Wildman–Crippen LogP) is 1.83. The number of benzene rings is 1. The highest BCUT2D eigenvalue weighted by molar-refractivity contribution is 5.60. The van der Waals surface area contributed by atoms with E-state index in [0.717, 1.165) is 24.2 Å². The van der Waals surface area contributed by atoms with E-state index in [2.05, 4.69) is 47.2 Å². The third-order valence-electron chi connectivity index (χ3n) is 2.74. The summed E-state index contributed by atoms with van der Waals surface area (Å²) < 4.78 is 0. The van der Waals surface area contributed by atoms with E-state index in [1.807, 2.05) is 12.1 Å². The van der Waals surface area contributed by atoms with Crippen LogP contribution in [-0.2, 0) is 6.42 Å². The van der Waals surface area contributed by atoms with Crippen LogP contribution in [0.4, 0.5) is 5.95 Å². The molecule has 0 fully saturated rings. The van der Waals surface area contributed by atoms with Gasteiger partial charge < -0.3 is 10.6 Å². The number of nitrogens with two attached hydrogens (primary N) is 1. The fourth-order valence-corrected chi connectivity index (χ4v) is 1.77. The average molecular weight is 242 g/mol. The Morgan fingerprint density at radius 3 is 2.78 bits per heavy atom. The molecule has 0 atom stereocenters. The number of likely N-dealkylation sites (N-methyl/N-ethyl adjacent to an activating group) is 1. The summed E-state index contributed by atoms with van der Waals surface area (Å²) in [6.45, 7) is 1.04. The lowest BCUT2D eigenvalue weighted by molar-refractivity contribution is 0.413. The molecule has 2 N–H and O–H groups in total. The van der Waals surface area contributed by atoms with Gasteiger partial charge in [-0.15, -0.1) is 0 Å². The highest BCUT2D eigenvalue weighted by atomic mass is 15.0. The minimum Gasteiger partial charge on any atom is -0.368 e. The van der Waals surface area contributed by atoms with Crippen LogP contribution in [0.2, 0.25) is 0 Å². The Kier molecular flexibility index (Phi) is 3.89. The number of hydrogen-bond acceptors (Lipinski definition) is 4. The number of nitrogens with zero attached hydrogens (tertiary/aromatic N) is 3. The molecular formula is C14H18N4. The molecule has 94 valence electrons. The van der Waals surface area contributed by atoms with Crippen LogP contribution in [-0.4, -0.2) is 35.5 Å². The molecule has 0 saturated heterocycles. The maximum Gasteiger partial charge on any atom is 0.220 e. The van der Waals surface area contributed by atoms with Crippen molar-refractivity contribution in [2.24, 2.45) is 0 Å². The SMILES string of the molecule is CN(C)CCc1cccc(-c2ccnc(N)n2)c1. The summed E-state index contributed by atoms with van der Waals surface area (Å²) in [6.07, 6.45) is 2.71. The van der Waals surface area contributed by atoms with Crippen molar-refractivity contribution >= 4 is 5.95 Å². The van der Waals surface area contributed by atoms with E-state index in [4.69, 9.17) is 5.73 Å². The summed E-state index contributed by atoms with van der Waals surface area (Å²) in [5.41, 5.74) is 8.86. The minimum atomic E-state index is 0.311. The van der Waals surface area contributed by atoms with Crippen LogP contribution in [0.15, 0.2) is 36.5 Å². The van der Waals surface area contributed by atoms with Gasteiger partial charge in [0.15, 0.2) is 0 Å². The number of hydrogen-bond donors (Lipinski definition) is 1. The molecule has 0 radical (unpaired) electrons. The molecule has 18 heavy (non-hydrogen) atoms. The van der Waals surface area contributed by atoms with E-state index in [0.29, 0.717) is 5.95 Å². The van der Waals surface area contributed by atoms with Gasteiger partial charge in [-0.1, -0.05) is 18.2 Å². The Bertz CT molecular complexity index is 523. The van der Waals surface area contributed by atoms with Gasteiger partial charge in [0.1, 0.15) is 0 Å². The van der Waals surface area contributed by atoms with Crippen molar-refractivity contribution in [1.29, 1.82) is 0 Å². The van der Waals surface area contributed by atoms with Crippen LogP contribution in [0.1, 0.15) is 5.56 Å². The fourth-order valence-electron chi connectivity index (χ4n) is 1.77. The van der Waals surface area contributed by atoms with Gasteiger partial charge in [-0.05, 0) is 38.2 Å². The standard InChI is InChI=1S/C14H18N4/c1-18(2)9-7-11-4-3-5-12(10-11)13-6-8-16-14(15)17-13/h3-6,8,10H,7,9H2,1-2H3,(H2,15,16,17). The van der Waals surface area contributed by atoms with Gasteiger partial charge in [0, 0.05) is 18.3 Å². The molecule has 2 rings (SSSR count). The van der Waals surface area contributed by atoms with E-state index in [-0.39, 0.29) is 0 Å². The van der Waals surface area contributed by atoms with Crippen molar-refractivity contribution in [3.63, 3.8) is 0 Å². The van der Waals surface area contributed by atoms with Crippen LogP contribution in [0, 0.1) is 0 Å². The molecule has 0 saturated carbocycles. The molecule has 0 aliphatic carbocycles. The molecule has 0 bridgehead atoms. The Morgan fingerprint density at radius 2 is 2.06 bits per heavy atom. The Hall–Kier alpha value is -1.94. The smallest absolute Gasteiger partial charge is 0.220 e. The molecule has 4 heteroatoms. The number of nitrogen functional groups attached to an aromatic ring is 1. The van der Waals surface area contributed by atoms with Crippen molar-refractivity contribution in [2.75, 3.05) is 26.4 Å². The van der Waals surface area contributed by atoms with Crippen molar-refractivity contribution in [1.82, 2.24) is 14.9 Å². The third-order valence-corrected chi connectivity index (χ3v) is 2.74. The lowest BCUT2D eigenvalue weighted by Gasteiger charge is -2.10. The Labute approximate surface area is 107 Å². The van der Waals surface area contributed by atoms with Crippen molar-refractivity contribution < 1.29 is 0 Å². The molecule has 1 heterocycles. The van der Waals surface area contributed by atoms with Crippen molar-refractivity contribution in [2.45, 2.75) is 6.42 Å². The Balaban J connectivity index is 2.21. The molecule has 1 aromatic carbocycles. The first-order valence-electron chi connectivity index (χ1n) is 5.98. The summed E-state index contributed by atoms with van der Waals surface area (Å²) in [4.78, 5) is 10.3. The zero-order valence-electron chi connectivity index (χ0n) is 10.8. The molecule has 0 aliphatic rings. The first-order chi connectivity index (χ1) is 8.65. The molecular weight excluding hydrogens is 224 g/mol. The van der Waals surface area contributed by atoms with Gasteiger partial charge in [-0.2, -0.15) is 0 Å². The minimum absolute atomic E-state index is 0.311. The second-order valence-corrected chi connectivity index (χ2v) is 4.55. The maximum atomic E-state index is 5.60. The van der Waals surface area contributed by atoms with Gasteiger partial charge in [0.2, 0.25) is 5.95 Å². The first-order valence-corrected chi connectivity index (χ1v) is 5.98.